The van der Waals surface area contributed by atoms with Crippen molar-refractivity contribution >= 4 is 28.2 Å². The third kappa shape index (κ3) is 4.95. The first-order valence-electron chi connectivity index (χ1n) is 13.0. The van der Waals surface area contributed by atoms with Crippen molar-refractivity contribution in [3.05, 3.63) is 81.1 Å². The average molecular weight is 510 g/mol. The van der Waals surface area contributed by atoms with Gasteiger partial charge in [-0.2, -0.15) is 0 Å². The Morgan fingerprint density at radius 1 is 0.972 bits per heavy atom. The van der Waals surface area contributed by atoms with Crippen molar-refractivity contribution in [2.75, 3.05) is 0 Å². The summed E-state index contributed by atoms with van der Waals surface area (Å²) in [6.45, 7) is 5.83. The summed E-state index contributed by atoms with van der Waals surface area (Å²) in [4.78, 5) is 8.66. The fourth-order valence-electron chi connectivity index (χ4n) is 5.89. The van der Waals surface area contributed by atoms with E-state index in [2.05, 4.69) is 30.2 Å². The summed E-state index contributed by atoms with van der Waals surface area (Å²) < 4.78 is 30.0. The number of aromatic amines is 1. The summed E-state index contributed by atoms with van der Waals surface area (Å²) in [5.74, 6) is -1.51. The smallest absolute Gasteiger partial charge is 0.162 e. The number of nitrogens with zero attached hydrogens (tertiary/aromatic N) is 1. The van der Waals surface area contributed by atoms with Crippen molar-refractivity contribution in [3.8, 4) is 0 Å². The number of fused-ring (bicyclic) bond motifs is 3. The highest BCUT2D eigenvalue weighted by atomic mass is 35.5. The van der Waals surface area contributed by atoms with Crippen LogP contribution >= 0.6 is 11.6 Å². The maximum Gasteiger partial charge on any atom is 0.162 e. The van der Waals surface area contributed by atoms with Crippen LogP contribution in [0.3, 0.4) is 0 Å². The number of hydrogen-bond donors (Lipinski definition) is 2. The zero-order valence-electron chi connectivity index (χ0n) is 21.2. The highest BCUT2D eigenvalue weighted by molar-refractivity contribution is 6.31. The number of aryl methyl sites for hydroxylation is 2. The molecule has 2 N–H and O–H groups in total. The largest absolute Gasteiger partial charge is 0.367 e. The summed E-state index contributed by atoms with van der Waals surface area (Å²) in [5.41, 5.74) is 6.17. The zero-order valence-corrected chi connectivity index (χ0v) is 22.0. The number of nitrogens with one attached hydrogen (secondary N) is 2. The first kappa shape index (κ1) is 25.0. The average Bonchev–Trinajstić information content (AvgIpc) is 3.21. The number of halogens is 3. The van der Waals surface area contributed by atoms with Gasteiger partial charge in [0, 0.05) is 38.9 Å². The van der Waals surface area contributed by atoms with Gasteiger partial charge in [0.05, 0.1) is 0 Å². The highest BCUT2D eigenvalue weighted by Gasteiger charge is 2.32. The van der Waals surface area contributed by atoms with Crippen LogP contribution in [0.4, 0.5) is 8.78 Å². The topological polar surface area (TPSA) is 40.2 Å². The molecule has 3 unspecified atom stereocenters. The molecule has 190 valence electrons. The Morgan fingerprint density at radius 2 is 1.81 bits per heavy atom. The first-order chi connectivity index (χ1) is 17.3. The van der Waals surface area contributed by atoms with Gasteiger partial charge in [-0.05, 0) is 107 Å². The van der Waals surface area contributed by atoms with Gasteiger partial charge in [-0.15, -0.1) is 0 Å². The maximum atomic E-state index is 15.3. The Kier molecular flexibility index (Phi) is 7.21. The first-order valence-corrected chi connectivity index (χ1v) is 13.4. The second-order valence-electron chi connectivity index (χ2n) is 10.5. The molecule has 0 saturated heterocycles. The Hall–Kier alpha value is -2.66. The lowest BCUT2D eigenvalue weighted by molar-refractivity contribution is 0.320. The van der Waals surface area contributed by atoms with Gasteiger partial charge < -0.3 is 10.3 Å². The zero-order chi connectivity index (χ0) is 25.4. The van der Waals surface area contributed by atoms with E-state index >= 15 is 4.39 Å². The minimum Gasteiger partial charge on any atom is -0.367 e. The summed E-state index contributed by atoms with van der Waals surface area (Å²) in [6.07, 6.45) is 8.70. The van der Waals surface area contributed by atoms with Crippen LogP contribution in [0.5, 0.6) is 0 Å². The fourth-order valence-corrected chi connectivity index (χ4v) is 6.06. The van der Waals surface area contributed by atoms with Gasteiger partial charge in [-0.3, -0.25) is 4.99 Å². The molecule has 0 radical (unpaired) electrons. The van der Waals surface area contributed by atoms with E-state index in [0.29, 0.717) is 22.6 Å². The third-order valence-electron chi connectivity index (χ3n) is 7.90. The van der Waals surface area contributed by atoms with E-state index in [-0.39, 0.29) is 18.0 Å². The number of benzene rings is 2. The van der Waals surface area contributed by atoms with Gasteiger partial charge in [-0.1, -0.05) is 29.8 Å². The minimum absolute atomic E-state index is 0.0325. The SMILES string of the molecule is CC1=NC(C2CCc3c([nH]c4ccc(Cl)cc34)C(c3ccc(C)c(F)c3F)CC2)N/C(C)=C\CCC1. The van der Waals surface area contributed by atoms with Gasteiger partial charge in [0.15, 0.2) is 11.6 Å². The Balaban J connectivity index is 1.60. The quantitative estimate of drug-likeness (QED) is 0.358. The van der Waals surface area contributed by atoms with Crippen LogP contribution in [0.15, 0.2) is 47.1 Å². The number of rotatable bonds is 2. The molecule has 0 bridgehead atoms. The molecule has 1 aromatic heterocycles. The molecule has 6 heteroatoms. The molecule has 0 saturated carbocycles. The monoisotopic (exact) mass is 509 g/mol. The lowest BCUT2D eigenvalue weighted by Crippen LogP contribution is -2.35. The number of aromatic nitrogens is 1. The molecule has 0 fully saturated rings. The molecule has 3 atom stereocenters. The van der Waals surface area contributed by atoms with Gasteiger partial charge in [-0.25, -0.2) is 8.78 Å². The van der Waals surface area contributed by atoms with Crippen LogP contribution in [-0.2, 0) is 6.42 Å². The molecule has 2 heterocycles. The third-order valence-corrected chi connectivity index (χ3v) is 8.13. The van der Waals surface area contributed by atoms with Crippen LogP contribution in [0.1, 0.15) is 80.7 Å². The Morgan fingerprint density at radius 3 is 2.64 bits per heavy atom. The van der Waals surface area contributed by atoms with Crippen molar-refractivity contribution < 1.29 is 8.78 Å². The molecule has 1 aliphatic heterocycles. The van der Waals surface area contributed by atoms with E-state index < -0.39 is 11.6 Å². The maximum absolute atomic E-state index is 15.3. The number of allylic oxidation sites excluding steroid dienone is 2. The Bertz CT molecular complexity index is 1340. The van der Waals surface area contributed by atoms with E-state index in [0.717, 1.165) is 66.4 Å². The molecular weight excluding hydrogens is 476 g/mol. The van der Waals surface area contributed by atoms with Crippen LogP contribution in [0.25, 0.3) is 10.9 Å². The van der Waals surface area contributed by atoms with E-state index in [4.69, 9.17) is 16.6 Å². The molecule has 3 aromatic rings. The van der Waals surface area contributed by atoms with E-state index in [1.165, 1.54) is 5.71 Å². The number of H-pyrrole nitrogens is 1. The summed E-state index contributed by atoms with van der Waals surface area (Å²) in [7, 11) is 0. The predicted octanol–water partition coefficient (Wildman–Crippen LogP) is 8.35. The van der Waals surface area contributed by atoms with E-state index in [1.54, 1.807) is 19.1 Å². The minimum atomic E-state index is -0.759. The standard InChI is InChI=1S/C30H34ClF2N3/c1-17-8-12-22(28(33)27(17)32)23-13-9-20(30-34-18(2)6-4-5-7-19(3)35-30)10-14-24-25-16-21(31)11-15-26(25)36-29(23)24/h6,8,11-12,15-16,20,23,30,34,36H,4-5,7,9-10,13-14H2,1-3H3/b18-6-,35-19?. The summed E-state index contributed by atoms with van der Waals surface area (Å²) in [5, 5.41) is 5.40. The number of aliphatic imine (C=N–C) groups is 1. The van der Waals surface area contributed by atoms with Crippen LogP contribution in [0, 0.1) is 24.5 Å². The van der Waals surface area contributed by atoms with Crippen molar-refractivity contribution in [2.24, 2.45) is 10.9 Å². The lowest BCUT2D eigenvalue weighted by atomic mass is 9.79. The molecule has 5 rings (SSSR count). The van der Waals surface area contributed by atoms with Crippen LogP contribution < -0.4 is 5.32 Å². The molecular formula is C30H34ClF2N3. The fraction of sp³-hybridized carbons (Fsp3) is 0.433. The summed E-state index contributed by atoms with van der Waals surface area (Å²) >= 11 is 6.38. The molecule has 3 nitrogen and oxygen atoms in total. The lowest BCUT2D eigenvalue weighted by Gasteiger charge is -2.31. The van der Waals surface area contributed by atoms with Crippen LogP contribution in [0.2, 0.25) is 5.02 Å². The number of hydrogen-bond acceptors (Lipinski definition) is 2. The van der Waals surface area contributed by atoms with Crippen molar-refractivity contribution in [3.63, 3.8) is 0 Å². The van der Waals surface area contributed by atoms with Crippen molar-refractivity contribution in [2.45, 2.75) is 77.8 Å². The van der Waals surface area contributed by atoms with Gasteiger partial charge >= 0.3 is 0 Å². The second kappa shape index (κ2) is 10.4. The van der Waals surface area contributed by atoms with E-state index in [1.807, 2.05) is 18.2 Å². The van der Waals surface area contributed by atoms with Crippen molar-refractivity contribution in [1.29, 1.82) is 0 Å². The molecule has 0 spiro atoms. The van der Waals surface area contributed by atoms with Crippen LogP contribution in [-0.4, -0.2) is 16.9 Å². The van der Waals surface area contributed by atoms with Crippen molar-refractivity contribution in [1.82, 2.24) is 10.3 Å². The molecule has 36 heavy (non-hydrogen) atoms. The van der Waals surface area contributed by atoms with Gasteiger partial charge in [0.2, 0.25) is 0 Å². The Labute approximate surface area is 217 Å². The molecule has 0 amide bonds. The second-order valence-corrected chi connectivity index (χ2v) is 10.9. The molecule has 1 aliphatic carbocycles. The highest BCUT2D eigenvalue weighted by Crippen LogP contribution is 2.42. The van der Waals surface area contributed by atoms with Gasteiger partial charge in [0.1, 0.15) is 6.17 Å². The predicted molar refractivity (Wildman–Crippen MR) is 145 cm³/mol. The van der Waals surface area contributed by atoms with Gasteiger partial charge in [0.25, 0.3) is 0 Å². The normalized spacial score (nSPS) is 24.8. The molecule has 2 aliphatic rings. The summed E-state index contributed by atoms with van der Waals surface area (Å²) in [6, 6.07) is 9.27. The molecule has 2 aromatic carbocycles. The van der Waals surface area contributed by atoms with E-state index in [9.17, 15) is 4.39 Å².